The lowest BCUT2D eigenvalue weighted by atomic mass is 9.83. The summed E-state index contributed by atoms with van der Waals surface area (Å²) in [7, 11) is 0. The number of nitrogens with one attached hydrogen (secondary N) is 3. The third-order valence-corrected chi connectivity index (χ3v) is 7.04. The summed E-state index contributed by atoms with van der Waals surface area (Å²) in [6.45, 7) is 8.06. The van der Waals surface area contributed by atoms with E-state index in [1.54, 1.807) is 13.8 Å². The lowest BCUT2D eigenvalue weighted by Crippen LogP contribution is -2.50. The minimum absolute atomic E-state index is 0.0345. The van der Waals surface area contributed by atoms with Crippen molar-refractivity contribution in [3.8, 4) is 0 Å². The van der Waals surface area contributed by atoms with Gasteiger partial charge < -0.3 is 31.5 Å². The van der Waals surface area contributed by atoms with Gasteiger partial charge in [0.1, 0.15) is 0 Å². The molecule has 220 valence electrons. The molecule has 0 unspecified atom stereocenters. The maximum atomic E-state index is 13.0. The Hall–Kier alpha value is -2.49. The fraction of sp³-hybridized carbons (Fsp3) is 0.700. The summed E-state index contributed by atoms with van der Waals surface area (Å²) < 4.78 is 5.19. The second kappa shape index (κ2) is 16.6. The van der Waals surface area contributed by atoms with Gasteiger partial charge in [0.05, 0.1) is 18.2 Å². The molecule has 9 heteroatoms. The fourth-order valence-corrected chi connectivity index (χ4v) is 4.89. The Morgan fingerprint density at radius 1 is 1.08 bits per heavy atom. The molecule has 0 saturated heterocycles. The molecule has 1 aromatic carbocycles. The van der Waals surface area contributed by atoms with Gasteiger partial charge in [0.15, 0.2) is 6.10 Å². The van der Waals surface area contributed by atoms with E-state index in [0.29, 0.717) is 31.7 Å². The highest BCUT2D eigenvalue weighted by Crippen LogP contribution is 2.28. The molecule has 9 nitrogen and oxygen atoms in total. The Morgan fingerprint density at radius 3 is 2.36 bits per heavy atom. The molecule has 0 bridgehead atoms. The SMILES string of the molecule is CC(C)OC(=O)[C@H](O)[C@H](CC1CCCCC1)NC(=O)CCNC(=O)[C@H](Cc1ccccc1)NCCC(C)(C)N. The molecular weight excluding hydrogens is 496 g/mol. The molecule has 1 aromatic rings. The molecular formula is C30H50N4O5. The number of ether oxygens (including phenoxy) is 1. The average molecular weight is 547 g/mol. The normalized spacial score (nSPS) is 16.8. The quantitative estimate of drug-likeness (QED) is 0.201. The van der Waals surface area contributed by atoms with Crippen molar-refractivity contribution in [2.24, 2.45) is 11.7 Å². The second-order valence-electron chi connectivity index (χ2n) is 11.8. The summed E-state index contributed by atoms with van der Waals surface area (Å²) in [6, 6.07) is 8.57. The standard InChI is InChI=1S/C30H50N4O5/c1-21(2)39-29(38)27(36)24(19-22-11-7-5-8-12-22)34-26(35)15-17-33-28(37)25(32-18-16-30(3,4)31)20-23-13-9-6-10-14-23/h6,9-10,13-14,21-22,24-25,27,32,36H,5,7-8,11-12,15-20,31H2,1-4H3,(H,33,37)(H,34,35)/t24-,25-,27+/m0/s1. The van der Waals surface area contributed by atoms with Crippen LogP contribution in [0.3, 0.4) is 0 Å². The minimum Gasteiger partial charge on any atom is -0.461 e. The number of benzene rings is 1. The van der Waals surface area contributed by atoms with Gasteiger partial charge in [-0.1, -0.05) is 62.4 Å². The van der Waals surface area contributed by atoms with E-state index in [4.69, 9.17) is 10.5 Å². The van der Waals surface area contributed by atoms with E-state index >= 15 is 0 Å². The maximum absolute atomic E-state index is 13.0. The first kappa shape index (κ1) is 32.7. The van der Waals surface area contributed by atoms with E-state index in [2.05, 4.69) is 16.0 Å². The largest absolute Gasteiger partial charge is 0.461 e. The number of hydrogen-bond donors (Lipinski definition) is 5. The zero-order valence-electron chi connectivity index (χ0n) is 24.2. The molecule has 0 spiro atoms. The van der Waals surface area contributed by atoms with E-state index in [1.165, 1.54) is 6.42 Å². The third-order valence-electron chi connectivity index (χ3n) is 7.04. The van der Waals surface area contributed by atoms with Crippen LogP contribution in [0.25, 0.3) is 0 Å². The van der Waals surface area contributed by atoms with Gasteiger partial charge in [0.2, 0.25) is 11.8 Å². The molecule has 3 atom stereocenters. The van der Waals surface area contributed by atoms with Crippen LogP contribution in [0.2, 0.25) is 0 Å². The topological polar surface area (TPSA) is 143 Å². The Bertz CT molecular complexity index is 881. The van der Waals surface area contributed by atoms with Crippen molar-refractivity contribution in [3.05, 3.63) is 35.9 Å². The van der Waals surface area contributed by atoms with E-state index in [0.717, 1.165) is 31.2 Å². The van der Waals surface area contributed by atoms with Crippen LogP contribution < -0.4 is 21.7 Å². The van der Waals surface area contributed by atoms with Gasteiger partial charge in [0, 0.05) is 18.5 Å². The highest BCUT2D eigenvalue weighted by atomic mass is 16.6. The molecule has 1 aliphatic rings. The summed E-state index contributed by atoms with van der Waals surface area (Å²) in [6.07, 6.45) is 5.44. The molecule has 2 rings (SSSR count). The molecule has 1 aliphatic carbocycles. The molecule has 1 saturated carbocycles. The van der Waals surface area contributed by atoms with Crippen molar-refractivity contribution in [2.75, 3.05) is 13.1 Å². The summed E-state index contributed by atoms with van der Waals surface area (Å²) >= 11 is 0. The van der Waals surface area contributed by atoms with Crippen LogP contribution in [0.4, 0.5) is 0 Å². The number of aliphatic hydroxyl groups is 1. The number of carbonyl (C=O) groups excluding carboxylic acids is 3. The summed E-state index contributed by atoms with van der Waals surface area (Å²) in [5, 5.41) is 19.7. The van der Waals surface area contributed by atoms with Gasteiger partial charge in [-0.25, -0.2) is 4.79 Å². The first-order valence-corrected chi connectivity index (χ1v) is 14.5. The number of hydrogen-bond acceptors (Lipinski definition) is 7. The van der Waals surface area contributed by atoms with Crippen LogP contribution >= 0.6 is 0 Å². The monoisotopic (exact) mass is 546 g/mol. The van der Waals surface area contributed by atoms with Crippen molar-refractivity contribution in [1.29, 1.82) is 0 Å². The first-order chi connectivity index (χ1) is 18.4. The molecule has 0 aliphatic heterocycles. The predicted octanol–water partition coefficient (Wildman–Crippen LogP) is 2.59. The predicted molar refractivity (Wildman–Crippen MR) is 153 cm³/mol. The number of rotatable bonds is 16. The van der Waals surface area contributed by atoms with E-state index < -0.39 is 24.2 Å². The van der Waals surface area contributed by atoms with Crippen LogP contribution in [0, 0.1) is 5.92 Å². The average Bonchev–Trinajstić information content (AvgIpc) is 2.87. The number of amides is 2. The Labute approximate surface area is 234 Å². The van der Waals surface area contributed by atoms with Crippen molar-refractivity contribution < 1.29 is 24.2 Å². The fourth-order valence-electron chi connectivity index (χ4n) is 4.89. The number of nitrogens with two attached hydrogens (primary N) is 1. The Morgan fingerprint density at radius 2 is 1.74 bits per heavy atom. The lowest BCUT2D eigenvalue weighted by molar-refractivity contribution is -0.159. The van der Waals surface area contributed by atoms with Crippen LogP contribution in [-0.2, 0) is 25.5 Å². The van der Waals surface area contributed by atoms with E-state index in [9.17, 15) is 19.5 Å². The highest BCUT2D eigenvalue weighted by Gasteiger charge is 2.32. The van der Waals surface area contributed by atoms with E-state index in [-0.39, 0.29) is 36.4 Å². The molecule has 1 fully saturated rings. The van der Waals surface area contributed by atoms with Gasteiger partial charge in [-0.3, -0.25) is 9.59 Å². The molecule has 6 N–H and O–H groups in total. The van der Waals surface area contributed by atoms with Gasteiger partial charge >= 0.3 is 5.97 Å². The lowest BCUT2D eigenvalue weighted by Gasteiger charge is -2.29. The summed E-state index contributed by atoms with van der Waals surface area (Å²) in [5.41, 5.74) is 6.78. The highest BCUT2D eigenvalue weighted by molar-refractivity contribution is 5.83. The zero-order valence-corrected chi connectivity index (χ0v) is 24.2. The summed E-state index contributed by atoms with van der Waals surface area (Å²) in [5.74, 6) is -0.908. The van der Waals surface area contributed by atoms with E-state index in [1.807, 2.05) is 44.2 Å². The molecule has 0 heterocycles. The number of esters is 1. The van der Waals surface area contributed by atoms with Gasteiger partial charge in [0.25, 0.3) is 0 Å². The van der Waals surface area contributed by atoms with Crippen LogP contribution in [-0.4, -0.2) is 65.8 Å². The van der Waals surface area contributed by atoms with Gasteiger partial charge in [-0.2, -0.15) is 0 Å². The Balaban J connectivity index is 1.93. The van der Waals surface area contributed by atoms with Gasteiger partial charge in [-0.05, 0) is 65.0 Å². The second-order valence-corrected chi connectivity index (χ2v) is 11.8. The van der Waals surface area contributed by atoms with Crippen molar-refractivity contribution >= 4 is 17.8 Å². The molecule has 39 heavy (non-hydrogen) atoms. The number of aliphatic hydroxyl groups excluding tert-OH is 1. The molecule has 2 amide bonds. The summed E-state index contributed by atoms with van der Waals surface area (Å²) in [4.78, 5) is 38.2. The van der Waals surface area contributed by atoms with Gasteiger partial charge in [-0.15, -0.1) is 0 Å². The third kappa shape index (κ3) is 13.4. The minimum atomic E-state index is -1.43. The molecule has 0 radical (unpaired) electrons. The first-order valence-electron chi connectivity index (χ1n) is 14.5. The number of carbonyl (C=O) groups is 3. The van der Waals surface area contributed by atoms with Crippen LogP contribution in [0.15, 0.2) is 30.3 Å². The zero-order chi connectivity index (χ0) is 28.8. The van der Waals surface area contributed by atoms with Crippen LogP contribution in [0.1, 0.15) is 84.6 Å². The van der Waals surface area contributed by atoms with Crippen molar-refractivity contribution in [2.45, 2.75) is 115 Å². The molecule has 0 aromatic heterocycles. The smallest absolute Gasteiger partial charge is 0.337 e. The van der Waals surface area contributed by atoms with Crippen molar-refractivity contribution in [3.63, 3.8) is 0 Å². The van der Waals surface area contributed by atoms with Crippen molar-refractivity contribution in [1.82, 2.24) is 16.0 Å². The van der Waals surface area contributed by atoms with Crippen LogP contribution in [0.5, 0.6) is 0 Å². The Kier molecular flexibility index (Phi) is 13.9. The maximum Gasteiger partial charge on any atom is 0.337 e.